The SMILES string of the molecule is O=C(Cc1ccc(Cl)cc1)N1CCC(Oc2ccc3c(c2)CCCN3)CC1. The highest BCUT2D eigenvalue weighted by molar-refractivity contribution is 6.30. The number of likely N-dealkylation sites (tertiary alicyclic amines) is 1. The van der Waals surface area contributed by atoms with Crippen molar-refractivity contribution in [3.63, 3.8) is 0 Å². The van der Waals surface area contributed by atoms with E-state index in [4.69, 9.17) is 16.3 Å². The van der Waals surface area contributed by atoms with Gasteiger partial charge in [0, 0.05) is 43.2 Å². The van der Waals surface area contributed by atoms with Crippen LogP contribution in [0.5, 0.6) is 5.75 Å². The molecular weight excluding hydrogens is 360 g/mol. The molecule has 2 aliphatic heterocycles. The molecule has 1 fully saturated rings. The normalized spacial score (nSPS) is 17.1. The van der Waals surface area contributed by atoms with E-state index in [9.17, 15) is 4.79 Å². The molecule has 4 nitrogen and oxygen atoms in total. The van der Waals surface area contributed by atoms with Gasteiger partial charge >= 0.3 is 0 Å². The summed E-state index contributed by atoms with van der Waals surface area (Å²) in [6.45, 7) is 2.56. The summed E-state index contributed by atoms with van der Waals surface area (Å²) in [5.41, 5.74) is 3.58. The van der Waals surface area contributed by atoms with Crippen LogP contribution >= 0.6 is 11.6 Å². The van der Waals surface area contributed by atoms with Crippen molar-refractivity contribution in [1.29, 1.82) is 0 Å². The molecule has 5 heteroatoms. The van der Waals surface area contributed by atoms with Crippen molar-refractivity contribution in [1.82, 2.24) is 4.90 Å². The average molecular weight is 385 g/mol. The van der Waals surface area contributed by atoms with Crippen LogP contribution in [0.2, 0.25) is 5.02 Å². The summed E-state index contributed by atoms with van der Waals surface area (Å²) in [6, 6.07) is 13.8. The summed E-state index contributed by atoms with van der Waals surface area (Å²) in [4.78, 5) is 14.5. The van der Waals surface area contributed by atoms with Gasteiger partial charge in [0.05, 0.1) is 6.42 Å². The second kappa shape index (κ2) is 8.22. The van der Waals surface area contributed by atoms with Crippen LogP contribution in [0.25, 0.3) is 0 Å². The molecule has 2 aliphatic rings. The Morgan fingerprint density at radius 1 is 1.15 bits per heavy atom. The molecule has 0 bridgehead atoms. The molecule has 0 saturated carbocycles. The van der Waals surface area contributed by atoms with Crippen molar-refractivity contribution in [2.24, 2.45) is 0 Å². The lowest BCUT2D eigenvalue weighted by Crippen LogP contribution is -2.42. The summed E-state index contributed by atoms with van der Waals surface area (Å²) in [5, 5.41) is 4.12. The molecule has 1 amide bonds. The number of nitrogens with one attached hydrogen (secondary N) is 1. The van der Waals surface area contributed by atoms with Crippen LogP contribution in [-0.4, -0.2) is 36.5 Å². The molecule has 0 radical (unpaired) electrons. The summed E-state index contributed by atoms with van der Waals surface area (Å²) in [7, 11) is 0. The van der Waals surface area contributed by atoms with Crippen LogP contribution in [-0.2, 0) is 17.6 Å². The zero-order valence-corrected chi connectivity index (χ0v) is 16.2. The highest BCUT2D eigenvalue weighted by Gasteiger charge is 2.24. The summed E-state index contributed by atoms with van der Waals surface area (Å²) in [6.07, 6.45) is 4.64. The summed E-state index contributed by atoms with van der Waals surface area (Å²) < 4.78 is 6.20. The number of halogens is 1. The maximum absolute atomic E-state index is 12.5. The lowest BCUT2D eigenvalue weighted by Gasteiger charge is -2.32. The van der Waals surface area contributed by atoms with Crippen LogP contribution < -0.4 is 10.1 Å². The number of carbonyl (C=O) groups is 1. The second-order valence-electron chi connectivity index (χ2n) is 7.35. The van der Waals surface area contributed by atoms with Gasteiger partial charge < -0.3 is 15.0 Å². The van der Waals surface area contributed by atoms with Gasteiger partial charge in [0.15, 0.2) is 0 Å². The third kappa shape index (κ3) is 4.56. The van der Waals surface area contributed by atoms with Gasteiger partial charge in [-0.25, -0.2) is 0 Å². The van der Waals surface area contributed by atoms with Crippen molar-refractivity contribution < 1.29 is 9.53 Å². The molecule has 27 heavy (non-hydrogen) atoms. The van der Waals surface area contributed by atoms with Gasteiger partial charge in [0.2, 0.25) is 5.91 Å². The Balaban J connectivity index is 1.28. The predicted molar refractivity (Wildman–Crippen MR) is 109 cm³/mol. The number of carbonyl (C=O) groups excluding carboxylic acids is 1. The number of benzene rings is 2. The van der Waals surface area contributed by atoms with Crippen LogP contribution in [0.1, 0.15) is 30.4 Å². The van der Waals surface area contributed by atoms with Crippen LogP contribution in [0, 0.1) is 0 Å². The van der Waals surface area contributed by atoms with E-state index in [0.717, 1.165) is 50.2 Å². The first kappa shape index (κ1) is 18.2. The molecule has 1 saturated heterocycles. The first-order valence-corrected chi connectivity index (χ1v) is 10.1. The van der Waals surface area contributed by atoms with Gasteiger partial charge in [-0.2, -0.15) is 0 Å². The Labute approximate surface area is 165 Å². The van der Waals surface area contributed by atoms with E-state index < -0.39 is 0 Å². The fourth-order valence-corrected chi connectivity index (χ4v) is 3.95. The molecule has 0 atom stereocenters. The number of rotatable bonds is 4. The molecular formula is C22H25ClN2O2. The number of piperidine rings is 1. The minimum atomic E-state index is 0.177. The molecule has 2 aromatic rings. The predicted octanol–water partition coefficient (Wildman–Crippen LogP) is 4.31. The molecule has 0 aromatic heterocycles. The van der Waals surface area contributed by atoms with Crippen LogP contribution in [0.4, 0.5) is 5.69 Å². The number of hydrogen-bond donors (Lipinski definition) is 1. The Morgan fingerprint density at radius 3 is 2.70 bits per heavy atom. The third-order valence-corrected chi connectivity index (χ3v) is 5.63. The fraction of sp³-hybridized carbons (Fsp3) is 0.409. The average Bonchev–Trinajstić information content (AvgIpc) is 2.70. The Bertz CT molecular complexity index is 798. The lowest BCUT2D eigenvalue weighted by atomic mass is 10.0. The lowest BCUT2D eigenvalue weighted by molar-refractivity contribution is -0.132. The molecule has 0 unspecified atom stereocenters. The number of hydrogen-bond acceptors (Lipinski definition) is 3. The largest absolute Gasteiger partial charge is 0.490 e. The van der Waals surface area contributed by atoms with Crippen molar-refractivity contribution in [2.75, 3.05) is 25.0 Å². The minimum absolute atomic E-state index is 0.177. The van der Waals surface area contributed by atoms with E-state index in [0.29, 0.717) is 11.4 Å². The Morgan fingerprint density at radius 2 is 1.93 bits per heavy atom. The molecule has 4 rings (SSSR count). The van der Waals surface area contributed by atoms with E-state index in [1.165, 1.54) is 17.7 Å². The zero-order valence-electron chi connectivity index (χ0n) is 15.4. The number of nitrogens with zero attached hydrogens (tertiary/aromatic N) is 1. The quantitative estimate of drug-likeness (QED) is 0.853. The molecule has 142 valence electrons. The number of anilines is 1. The number of fused-ring (bicyclic) bond motifs is 1. The monoisotopic (exact) mass is 384 g/mol. The standard InChI is InChI=1S/C22H25ClN2O2/c23-18-5-3-16(4-6-18)14-22(26)25-12-9-19(10-13-25)27-20-7-8-21-17(15-20)2-1-11-24-21/h3-8,15,19,24H,1-2,9-14H2. The highest BCUT2D eigenvalue weighted by Crippen LogP contribution is 2.28. The Hall–Kier alpha value is -2.20. The number of aryl methyl sites for hydroxylation is 1. The van der Waals surface area contributed by atoms with Gasteiger partial charge in [-0.15, -0.1) is 0 Å². The van der Waals surface area contributed by atoms with Crippen molar-refractivity contribution in [3.05, 3.63) is 58.6 Å². The number of amides is 1. The fourth-order valence-electron chi connectivity index (χ4n) is 3.83. The molecule has 1 N–H and O–H groups in total. The van der Waals surface area contributed by atoms with E-state index in [-0.39, 0.29) is 12.0 Å². The van der Waals surface area contributed by atoms with Gasteiger partial charge in [0.1, 0.15) is 11.9 Å². The molecule has 2 aromatic carbocycles. The molecule has 0 spiro atoms. The molecule has 0 aliphatic carbocycles. The van der Waals surface area contributed by atoms with E-state index in [1.54, 1.807) is 0 Å². The first-order chi connectivity index (χ1) is 13.2. The maximum Gasteiger partial charge on any atom is 0.226 e. The zero-order chi connectivity index (χ0) is 18.6. The highest BCUT2D eigenvalue weighted by atomic mass is 35.5. The third-order valence-electron chi connectivity index (χ3n) is 5.38. The van der Waals surface area contributed by atoms with Gasteiger partial charge in [0.25, 0.3) is 0 Å². The van der Waals surface area contributed by atoms with E-state index >= 15 is 0 Å². The van der Waals surface area contributed by atoms with Crippen molar-refractivity contribution in [3.8, 4) is 5.75 Å². The van der Waals surface area contributed by atoms with Gasteiger partial charge in [-0.3, -0.25) is 4.79 Å². The molecule has 2 heterocycles. The minimum Gasteiger partial charge on any atom is -0.490 e. The van der Waals surface area contributed by atoms with Crippen molar-refractivity contribution in [2.45, 2.75) is 38.2 Å². The summed E-state index contributed by atoms with van der Waals surface area (Å²) >= 11 is 5.91. The van der Waals surface area contributed by atoms with E-state index in [1.807, 2.05) is 29.2 Å². The summed E-state index contributed by atoms with van der Waals surface area (Å²) in [5.74, 6) is 1.12. The maximum atomic E-state index is 12.5. The first-order valence-electron chi connectivity index (χ1n) is 9.73. The smallest absolute Gasteiger partial charge is 0.226 e. The van der Waals surface area contributed by atoms with Gasteiger partial charge in [-0.05, 0) is 54.3 Å². The van der Waals surface area contributed by atoms with Gasteiger partial charge in [-0.1, -0.05) is 23.7 Å². The Kier molecular flexibility index (Phi) is 5.53. The van der Waals surface area contributed by atoms with Crippen LogP contribution in [0.3, 0.4) is 0 Å². The number of ether oxygens (including phenoxy) is 1. The van der Waals surface area contributed by atoms with E-state index in [2.05, 4.69) is 23.5 Å². The topological polar surface area (TPSA) is 41.6 Å². The van der Waals surface area contributed by atoms with Crippen molar-refractivity contribution >= 4 is 23.2 Å². The second-order valence-corrected chi connectivity index (χ2v) is 7.79. The van der Waals surface area contributed by atoms with Crippen LogP contribution in [0.15, 0.2) is 42.5 Å².